The number of aromatic hydroxyl groups is 1. The molecule has 3 aromatic rings. The molecule has 0 saturated carbocycles. The molecule has 0 atom stereocenters. The number of phenols is 1. The smallest absolute Gasteiger partial charge is 0.269 e. The third-order valence-corrected chi connectivity index (χ3v) is 3.45. The van der Waals surface area contributed by atoms with Crippen molar-refractivity contribution in [1.29, 1.82) is 0 Å². The van der Waals surface area contributed by atoms with Crippen LogP contribution in [0.2, 0.25) is 0 Å². The zero-order valence-electron chi connectivity index (χ0n) is 10.5. The van der Waals surface area contributed by atoms with Crippen molar-refractivity contribution in [3.05, 3.63) is 58.4 Å². The fraction of sp³-hybridized carbons (Fsp3) is 0.133. The van der Waals surface area contributed by atoms with Gasteiger partial charge in [0.15, 0.2) is 5.58 Å². The lowest BCUT2D eigenvalue weighted by Crippen LogP contribution is -1.99. The van der Waals surface area contributed by atoms with Gasteiger partial charge in [-0.3, -0.25) is 4.57 Å². The van der Waals surface area contributed by atoms with E-state index in [1.165, 1.54) is 0 Å². The highest BCUT2D eigenvalue weighted by atomic mass is 32.1. The Labute approximate surface area is 115 Å². The van der Waals surface area contributed by atoms with E-state index in [1.807, 2.05) is 41.8 Å². The Morgan fingerprint density at radius 3 is 2.79 bits per heavy atom. The molecule has 19 heavy (non-hydrogen) atoms. The molecular formula is C15H13NO2S. The maximum Gasteiger partial charge on any atom is 0.269 e. The van der Waals surface area contributed by atoms with Gasteiger partial charge in [0.1, 0.15) is 5.75 Å². The van der Waals surface area contributed by atoms with Gasteiger partial charge >= 0.3 is 0 Å². The first-order valence-electron chi connectivity index (χ1n) is 6.02. The van der Waals surface area contributed by atoms with Crippen molar-refractivity contribution in [2.24, 2.45) is 0 Å². The Morgan fingerprint density at radius 2 is 2.00 bits per heavy atom. The van der Waals surface area contributed by atoms with Gasteiger partial charge in [0.05, 0.1) is 12.1 Å². The van der Waals surface area contributed by atoms with Gasteiger partial charge in [-0.2, -0.15) is 0 Å². The Bertz CT molecular complexity index is 801. The number of rotatable bonds is 2. The van der Waals surface area contributed by atoms with Crippen LogP contribution in [0.3, 0.4) is 0 Å². The second kappa shape index (κ2) is 4.55. The standard InChI is InChI=1S/C15H13NO2S/c1-10-6-7-14-12(8-10)16(15(19)18-14)9-11-4-2-3-5-13(11)17/h2-8,17H,9H2,1H3. The largest absolute Gasteiger partial charge is 0.508 e. The van der Waals surface area contributed by atoms with Gasteiger partial charge in [0.25, 0.3) is 4.84 Å². The number of hydrogen-bond acceptors (Lipinski definition) is 3. The van der Waals surface area contributed by atoms with Crippen LogP contribution in [0.5, 0.6) is 5.75 Å². The van der Waals surface area contributed by atoms with Crippen LogP contribution in [0.15, 0.2) is 46.9 Å². The minimum atomic E-state index is 0.270. The summed E-state index contributed by atoms with van der Waals surface area (Å²) < 4.78 is 7.46. The SMILES string of the molecule is Cc1ccc2oc(=S)n(Cc3ccccc3O)c2c1. The van der Waals surface area contributed by atoms with Crippen molar-refractivity contribution in [3.8, 4) is 5.75 Å². The van der Waals surface area contributed by atoms with Crippen molar-refractivity contribution >= 4 is 23.3 Å². The predicted octanol–water partition coefficient (Wildman–Crippen LogP) is 4.03. The highest BCUT2D eigenvalue weighted by molar-refractivity contribution is 7.71. The highest BCUT2D eigenvalue weighted by Crippen LogP contribution is 2.23. The molecule has 0 bridgehead atoms. The van der Waals surface area contributed by atoms with Gasteiger partial charge in [-0.25, -0.2) is 0 Å². The first-order chi connectivity index (χ1) is 9.15. The second-order valence-corrected chi connectivity index (χ2v) is 4.90. The van der Waals surface area contributed by atoms with Gasteiger partial charge in [0.2, 0.25) is 0 Å². The van der Waals surface area contributed by atoms with E-state index in [-0.39, 0.29) is 5.75 Å². The molecule has 0 radical (unpaired) electrons. The lowest BCUT2D eigenvalue weighted by Gasteiger charge is -2.06. The molecule has 4 heteroatoms. The fourth-order valence-corrected chi connectivity index (χ4v) is 2.39. The summed E-state index contributed by atoms with van der Waals surface area (Å²) in [5, 5.41) is 9.85. The number of phenolic OH excluding ortho intramolecular Hbond substituents is 1. The van der Waals surface area contributed by atoms with Crippen LogP contribution < -0.4 is 0 Å². The van der Waals surface area contributed by atoms with Crippen LogP contribution in [0.1, 0.15) is 11.1 Å². The summed E-state index contributed by atoms with van der Waals surface area (Å²) in [6.45, 7) is 2.53. The Hall–Kier alpha value is -2.07. The van der Waals surface area contributed by atoms with Crippen LogP contribution in [0.25, 0.3) is 11.1 Å². The van der Waals surface area contributed by atoms with Crippen molar-refractivity contribution in [3.63, 3.8) is 0 Å². The van der Waals surface area contributed by atoms with E-state index in [0.717, 1.165) is 22.2 Å². The number of benzene rings is 2. The fourth-order valence-electron chi connectivity index (χ4n) is 2.14. The van der Waals surface area contributed by atoms with E-state index in [9.17, 15) is 5.11 Å². The average Bonchev–Trinajstić information content (AvgIpc) is 2.69. The summed E-state index contributed by atoms with van der Waals surface area (Å²) in [6.07, 6.45) is 0. The van der Waals surface area contributed by atoms with Gasteiger partial charge < -0.3 is 9.52 Å². The highest BCUT2D eigenvalue weighted by Gasteiger charge is 2.09. The molecule has 0 aliphatic heterocycles. The lowest BCUT2D eigenvalue weighted by atomic mass is 10.2. The van der Waals surface area contributed by atoms with Gasteiger partial charge in [-0.1, -0.05) is 24.3 Å². The van der Waals surface area contributed by atoms with Crippen molar-refractivity contribution in [2.75, 3.05) is 0 Å². The van der Waals surface area contributed by atoms with Crippen LogP contribution in [-0.4, -0.2) is 9.67 Å². The third kappa shape index (κ3) is 2.15. The normalized spacial score (nSPS) is 11.0. The molecule has 0 spiro atoms. The van der Waals surface area contributed by atoms with E-state index >= 15 is 0 Å². The molecular weight excluding hydrogens is 258 g/mol. The number of nitrogens with zero attached hydrogens (tertiary/aromatic N) is 1. The molecule has 0 amide bonds. The summed E-state index contributed by atoms with van der Waals surface area (Å²) in [5.74, 6) is 0.270. The molecule has 0 saturated heterocycles. The van der Waals surface area contributed by atoms with Crippen LogP contribution >= 0.6 is 12.2 Å². The Kier molecular flexibility index (Phi) is 2.87. The van der Waals surface area contributed by atoms with E-state index in [2.05, 4.69) is 0 Å². The van der Waals surface area contributed by atoms with Crippen LogP contribution in [0.4, 0.5) is 0 Å². The zero-order chi connectivity index (χ0) is 13.4. The van der Waals surface area contributed by atoms with Crippen molar-refractivity contribution in [1.82, 2.24) is 4.57 Å². The summed E-state index contributed by atoms with van der Waals surface area (Å²) in [6, 6.07) is 13.2. The quantitative estimate of drug-likeness (QED) is 0.715. The summed E-state index contributed by atoms with van der Waals surface area (Å²) in [4.78, 5) is 0.420. The number of oxazole rings is 1. The Morgan fingerprint density at radius 1 is 1.21 bits per heavy atom. The van der Waals surface area contributed by atoms with Crippen LogP contribution in [-0.2, 0) is 6.54 Å². The topological polar surface area (TPSA) is 38.3 Å². The molecule has 2 aromatic carbocycles. The minimum absolute atomic E-state index is 0.270. The molecule has 0 fully saturated rings. The molecule has 3 rings (SSSR count). The van der Waals surface area contributed by atoms with Gasteiger partial charge in [-0.15, -0.1) is 0 Å². The first kappa shape index (κ1) is 12.0. The summed E-state index contributed by atoms with van der Waals surface area (Å²) in [7, 11) is 0. The molecule has 3 nitrogen and oxygen atoms in total. The van der Waals surface area contributed by atoms with Crippen molar-refractivity contribution in [2.45, 2.75) is 13.5 Å². The van der Waals surface area contributed by atoms with E-state index in [1.54, 1.807) is 12.1 Å². The number of aromatic nitrogens is 1. The number of fused-ring (bicyclic) bond motifs is 1. The van der Waals surface area contributed by atoms with Gasteiger partial charge in [-0.05, 0) is 42.9 Å². The third-order valence-electron chi connectivity index (χ3n) is 3.14. The predicted molar refractivity (Wildman–Crippen MR) is 77.0 cm³/mol. The monoisotopic (exact) mass is 271 g/mol. The maximum atomic E-state index is 9.85. The molecule has 0 aliphatic carbocycles. The number of hydrogen-bond donors (Lipinski definition) is 1. The Balaban J connectivity index is 2.15. The average molecular weight is 271 g/mol. The second-order valence-electron chi connectivity index (χ2n) is 4.55. The summed E-state index contributed by atoms with van der Waals surface area (Å²) in [5.41, 5.74) is 3.69. The number of para-hydroxylation sites is 1. The maximum absolute atomic E-state index is 9.85. The molecule has 1 N–H and O–H groups in total. The number of aryl methyl sites for hydroxylation is 1. The zero-order valence-corrected chi connectivity index (χ0v) is 11.3. The molecule has 1 heterocycles. The lowest BCUT2D eigenvalue weighted by molar-refractivity contribution is 0.464. The molecule has 96 valence electrons. The minimum Gasteiger partial charge on any atom is -0.508 e. The van der Waals surface area contributed by atoms with Gasteiger partial charge in [0, 0.05) is 5.56 Å². The van der Waals surface area contributed by atoms with E-state index in [4.69, 9.17) is 16.6 Å². The van der Waals surface area contributed by atoms with Crippen molar-refractivity contribution < 1.29 is 9.52 Å². The molecule has 0 unspecified atom stereocenters. The summed E-state index contributed by atoms with van der Waals surface area (Å²) >= 11 is 5.25. The van der Waals surface area contributed by atoms with Crippen LogP contribution in [0, 0.1) is 11.8 Å². The molecule has 1 aromatic heterocycles. The van der Waals surface area contributed by atoms with E-state index in [0.29, 0.717) is 11.4 Å². The van der Waals surface area contributed by atoms with E-state index < -0.39 is 0 Å². The molecule has 0 aliphatic rings. The first-order valence-corrected chi connectivity index (χ1v) is 6.43.